The average Bonchev–Trinajstić information content (AvgIpc) is 2.41. The summed E-state index contributed by atoms with van der Waals surface area (Å²) < 4.78 is 26.5. The molecule has 0 spiro atoms. The van der Waals surface area contributed by atoms with Crippen molar-refractivity contribution in [2.75, 3.05) is 6.54 Å². The lowest BCUT2D eigenvalue weighted by Gasteiger charge is -2.26. The molecular formula is C17H25F2N. The standard InChI is InChI=1S/C17H25F2N/c1-12-3-5-14(6-4-12)9-10-20-13(2)16-8-7-15(18)11-17(16)19/h7-8,11-14,20H,3-6,9-10H2,1-2H3. The fourth-order valence-electron chi connectivity index (χ4n) is 3.08. The second-order valence-electron chi connectivity index (χ2n) is 6.26. The predicted octanol–water partition coefficient (Wildman–Crippen LogP) is 4.83. The summed E-state index contributed by atoms with van der Waals surface area (Å²) in [5.74, 6) is 0.710. The van der Waals surface area contributed by atoms with E-state index in [0.29, 0.717) is 5.56 Å². The molecule has 1 atom stereocenters. The van der Waals surface area contributed by atoms with Crippen LogP contribution >= 0.6 is 0 Å². The molecule has 0 radical (unpaired) electrons. The fraction of sp³-hybridized carbons (Fsp3) is 0.647. The van der Waals surface area contributed by atoms with Crippen molar-refractivity contribution in [2.45, 2.75) is 52.0 Å². The van der Waals surface area contributed by atoms with Gasteiger partial charge in [-0.1, -0.05) is 38.7 Å². The van der Waals surface area contributed by atoms with E-state index >= 15 is 0 Å². The van der Waals surface area contributed by atoms with E-state index in [1.54, 1.807) is 0 Å². The average molecular weight is 281 g/mol. The third-order valence-electron chi connectivity index (χ3n) is 4.57. The Kier molecular flexibility index (Phi) is 5.53. The smallest absolute Gasteiger partial charge is 0.130 e. The van der Waals surface area contributed by atoms with Crippen LogP contribution in [0.25, 0.3) is 0 Å². The van der Waals surface area contributed by atoms with Crippen LogP contribution in [0.2, 0.25) is 0 Å². The highest BCUT2D eigenvalue weighted by Crippen LogP contribution is 2.30. The maximum absolute atomic E-state index is 13.6. The summed E-state index contributed by atoms with van der Waals surface area (Å²) >= 11 is 0. The monoisotopic (exact) mass is 281 g/mol. The van der Waals surface area contributed by atoms with E-state index in [9.17, 15) is 8.78 Å². The molecule has 112 valence electrons. The van der Waals surface area contributed by atoms with Crippen molar-refractivity contribution in [3.05, 3.63) is 35.4 Å². The molecule has 1 aliphatic carbocycles. The van der Waals surface area contributed by atoms with E-state index in [2.05, 4.69) is 12.2 Å². The first-order valence-corrected chi connectivity index (χ1v) is 7.74. The van der Waals surface area contributed by atoms with Gasteiger partial charge < -0.3 is 5.32 Å². The van der Waals surface area contributed by atoms with Gasteiger partial charge in [-0.3, -0.25) is 0 Å². The van der Waals surface area contributed by atoms with Crippen molar-refractivity contribution >= 4 is 0 Å². The largest absolute Gasteiger partial charge is 0.310 e. The lowest BCUT2D eigenvalue weighted by molar-refractivity contribution is 0.273. The number of hydrogen-bond acceptors (Lipinski definition) is 1. The summed E-state index contributed by atoms with van der Waals surface area (Å²) in [5, 5.41) is 3.36. The van der Waals surface area contributed by atoms with Gasteiger partial charge in [-0.2, -0.15) is 0 Å². The van der Waals surface area contributed by atoms with Gasteiger partial charge in [0, 0.05) is 17.7 Å². The zero-order valence-electron chi connectivity index (χ0n) is 12.5. The normalized spacial score (nSPS) is 24.6. The first kappa shape index (κ1) is 15.4. The van der Waals surface area contributed by atoms with Gasteiger partial charge in [-0.15, -0.1) is 0 Å². The Morgan fingerprint density at radius 1 is 1.20 bits per heavy atom. The molecule has 0 aliphatic heterocycles. The molecule has 1 N–H and O–H groups in total. The molecule has 3 heteroatoms. The molecule has 0 saturated heterocycles. The van der Waals surface area contributed by atoms with Crippen LogP contribution in [0.5, 0.6) is 0 Å². The van der Waals surface area contributed by atoms with E-state index in [0.717, 1.165) is 30.9 Å². The van der Waals surface area contributed by atoms with E-state index in [4.69, 9.17) is 0 Å². The highest BCUT2D eigenvalue weighted by atomic mass is 19.1. The number of rotatable bonds is 5. The lowest BCUT2D eigenvalue weighted by Crippen LogP contribution is -2.24. The number of nitrogens with one attached hydrogen (secondary N) is 1. The fourth-order valence-corrected chi connectivity index (χ4v) is 3.08. The summed E-state index contributed by atoms with van der Waals surface area (Å²) in [7, 11) is 0. The van der Waals surface area contributed by atoms with Crippen molar-refractivity contribution in [3.8, 4) is 0 Å². The molecule has 1 aromatic rings. The highest BCUT2D eigenvalue weighted by Gasteiger charge is 2.18. The van der Waals surface area contributed by atoms with E-state index < -0.39 is 11.6 Å². The van der Waals surface area contributed by atoms with Gasteiger partial charge in [0.25, 0.3) is 0 Å². The Balaban J connectivity index is 1.76. The first-order valence-electron chi connectivity index (χ1n) is 7.74. The van der Waals surface area contributed by atoms with Gasteiger partial charge >= 0.3 is 0 Å². The Bertz CT molecular complexity index is 425. The van der Waals surface area contributed by atoms with Crippen LogP contribution in [0, 0.1) is 23.5 Å². The van der Waals surface area contributed by atoms with Gasteiger partial charge in [0.15, 0.2) is 0 Å². The van der Waals surface area contributed by atoms with Crippen molar-refractivity contribution in [1.82, 2.24) is 5.32 Å². The Morgan fingerprint density at radius 2 is 1.90 bits per heavy atom. The van der Waals surface area contributed by atoms with Crippen LogP contribution in [-0.2, 0) is 0 Å². The maximum atomic E-state index is 13.6. The summed E-state index contributed by atoms with van der Waals surface area (Å²) in [5.41, 5.74) is 0.545. The minimum absolute atomic E-state index is 0.0712. The van der Waals surface area contributed by atoms with Crippen LogP contribution in [-0.4, -0.2) is 6.54 Å². The molecule has 1 aromatic carbocycles. The van der Waals surface area contributed by atoms with E-state index in [1.165, 1.54) is 37.8 Å². The molecule has 1 saturated carbocycles. The Morgan fingerprint density at radius 3 is 2.55 bits per heavy atom. The van der Waals surface area contributed by atoms with Crippen LogP contribution in [0.3, 0.4) is 0 Å². The molecule has 1 nitrogen and oxygen atoms in total. The molecule has 0 heterocycles. The summed E-state index contributed by atoms with van der Waals surface area (Å²) in [4.78, 5) is 0. The van der Waals surface area contributed by atoms with Crippen LogP contribution in [0.1, 0.15) is 57.6 Å². The van der Waals surface area contributed by atoms with Crippen molar-refractivity contribution in [2.24, 2.45) is 11.8 Å². The van der Waals surface area contributed by atoms with Gasteiger partial charge in [-0.05, 0) is 37.8 Å². The molecule has 1 aliphatic rings. The summed E-state index contributed by atoms with van der Waals surface area (Å²) in [6.07, 6.45) is 6.48. The molecule has 1 unspecified atom stereocenters. The Labute approximate surface area is 120 Å². The molecule has 0 amide bonds. The minimum Gasteiger partial charge on any atom is -0.310 e. The third kappa shape index (κ3) is 4.27. The first-order chi connectivity index (χ1) is 9.56. The number of benzene rings is 1. The predicted molar refractivity (Wildman–Crippen MR) is 78.5 cm³/mol. The lowest BCUT2D eigenvalue weighted by atomic mass is 9.81. The van der Waals surface area contributed by atoms with Gasteiger partial charge in [0.2, 0.25) is 0 Å². The second-order valence-corrected chi connectivity index (χ2v) is 6.26. The quantitative estimate of drug-likeness (QED) is 0.815. The molecule has 1 fully saturated rings. The molecular weight excluding hydrogens is 256 g/mol. The van der Waals surface area contributed by atoms with E-state index in [-0.39, 0.29) is 6.04 Å². The van der Waals surface area contributed by atoms with Crippen LogP contribution < -0.4 is 5.32 Å². The van der Waals surface area contributed by atoms with E-state index in [1.807, 2.05) is 6.92 Å². The van der Waals surface area contributed by atoms with Crippen molar-refractivity contribution in [3.63, 3.8) is 0 Å². The Hall–Kier alpha value is -0.960. The zero-order valence-corrected chi connectivity index (χ0v) is 12.5. The van der Waals surface area contributed by atoms with Crippen molar-refractivity contribution in [1.29, 1.82) is 0 Å². The molecule has 20 heavy (non-hydrogen) atoms. The van der Waals surface area contributed by atoms with Gasteiger partial charge in [-0.25, -0.2) is 8.78 Å². The summed E-state index contributed by atoms with van der Waals surface area (Å²) in [6.45, 7) is 5.16. The maximum Gasteiger partial charge on any atom is 0.130 e. The topological polar surface area (TPSA) is 12.0 Å². The SMILES string of the molecule is CC1CCC(CCNC(C)c2ccc(F)cc2F)CC1. The highest BCUT2D eigenvalue weighted by molar-refractivity contribution is 5.21. The third-order valence-corrected chi connectivity index (χ3v) is 4.57. The molecule has 0 bridgehead atoms. The minimum atomic E-state index is -0.519. The summed E-state index contributed by atoms with van der Waals surface area (Å²) in [6, 6.07) is 3.73. The van der Waals surface area contributed by atoms with Gasteiger partial charge in [0.1, 0.15) is 11.6 Å². The molecule has 0 aromatic heterocycles. The zero-order chi connectivity index (χ0) is 14.5. The number of halogens is 2. The molecule has 2 rings (SSSR count). The van der Waals surface area contributed by atoms with Crippen LogP contribution in [0.4, 0.5) is 8.78 Å². The van der Waals surface area contributed by atoms with Gasteiger partial charge in [0.05, 0.1) is 0 Å². The number of hydrogen-bond donors (Lipinski definition) is 1. The second kappa shape index (κ2) is 7.16. The van der Waals surface area contributed by atoms with Crippen molar-refractivity contribution < 1.29 is 8.78 Å². The van der Waals surface area contributed by atoms with Crippen LogP contribution in [0.15, 0.2) is 18.2 Å².